The average Bonchev–Trinajstić information content (AvgIpc) is 2.92. The molecule has 0 bridgehead atoms. The van der Waals surface area contributed by atoms with Gasteiger partial charge in [-0.1, -0.05) is 31.2 Å². The van der Waals surface area contributed by atoms with E-state index in [1.54, 1.807) is 11.3 Å². The van der Waals surface area contributed by atoms with Gasteiger partial charge in [-0.15, -0.1) is 11.3 Å². The monoisotopic (exact) mass is 262 g/mol. The smallest absolute Gasteiger partial charge is 0.124 e. The number of thiophene rings is 1. The summed E-state index contributed by atoms with van der Waals surface area (Å²) in [5.74, 6) is 6.59. The van der Waals surface area contributed by atoms with Crippen LogP contribution in [0.1, 0.15) is 29.8 Å². The summed E-state index contributed by atoms with van der Waals surface area (Å²) in [7, 11) is 0. The normalized spacial score (nSPS) is 12.3. The van der Waals surface area contributed by atoms with Gasteiger partial charge in [0.25, 0.3) is 0 Å². The fraction of sp³-hybridized carbons (Fsp3) is 0.286. The first-order valence-corrected chi connectivity index (χ1v) is 6.96. The highest BCUT2D eigenvalue weighted by Crippen LogP contribution is 2.31. The lowest BCUT2D eigenvalue weighted by molar-refractivity contribution is 0.312. The minimum absolute atomic E-state index is 0.0157. The molecule has 0 fully saturated rings. The molecule has 1 aromatic heterocycles. The second kappa shape index (κ2) is 6.54. The lowest BCUT2D eigenvalue weighted by Gasteiger charge is -2.18. The van der Waals surface area contributed by atoms with Crippen LogP contribution in [0.25, 0.3) is 0 Å². The maximum Gasteiger partial charge on any atom is 0.124 e. The van der Waals surface area contributed by atoms with Crippen molar-refractivity contribution in [1.82, 2.24) is 5.43 Å². The molecule has 18 heavy (non-hydrogen) atoms. The minimum atomic E-state index is -0.0157. The van der Waals surface area contributed by atoms with E-state index < -0.39 is 0 Å². The maximum atomic E-state index is 5.78. The summed E-state index contributed by atoms with van der Waals surface area (Å²) in [5.41, 5.74) is 3.95. The molecule has 0 amide bonds. The summed E-state index contributed by atoms with van der Waals surface area (Å²) in [6.07, 6.45) is 0.994. The molecule has 0 spiro atoms. The summed E-state index contributed by atoms with van der Waals surface area (Å²) in [6, 6.07) is 12.1. The second-order valence-electron chi connectivity index (χ2n) is 4.00. The molecule has 2 aromatic rings. The second-order valence-corrected chi connectivity index (χ2v) is 4.98. The fourth-order valence-corrected chi connectivity index (χ4v) is 2.65. The summed E-state index contributed by atoms with van der Waals surface area (Å²) >= 11 is 1.68. The molecule has 3 N–H and O–H groups in total. The van der Waals surface area contributed by atoms with Gasteiger partial charge in [-0.25, -0.2) is 5.43 Å². The number of hydrogen-bond donors (Lipinski definition) is 2. The van der Waals surface area contributed by atoms with E-state index in [9.17, 15) is 0 Å². The third kappa shape index (κ3) is 2.90. The molecule has 3 nitrogen and oxygen atoms in total. The van der Waals surface area contributed by atoms with Crippen molar-refractivity contribution in [2.24, 2.45) is 5.84 Å². The van der Waals surface area contributed by atoms with Gasteiger partial charge in [-0.3, -0.25) is 5.84 Å². The van der Waals surface area contributed by atoms with Crippen LogP contribution in [0.3, 0.4) is 0 Å². The summed E-state index contributed by atoms with van der Waals surface area (Å²) in [5, 5.41) is 2.05. The van der Waals surface area contributed by atoms with Gasteiger partial charge in [0.2, 0.25) is 0 Å². The first kappa shape index (κ1) is 13.1. The van der Waals surface area contributed by atoms with Crippen molar-refractivity contribution in [3.05, 3.63) is 52.2 Å². The van der Waals surface area contributed by atoms with Gasteiger partial charge in [0, 0.05) is 10.4 Å². The van der Waals surface area contributed by atoms with Crippen LogP contribution in [0.2, 0.25) is 0 Å². The van der Waals surface area contributed by atoms with E-state index >= 15 is 0 Å². The van der Waals surface area contributed by atoms with Crippen LogP contribution >= 0.6 is 11.3 Å². The Labute approximate surface area is 112 Å². The molecule has 1 unspecified atom stereocenters. The van der Waals surface area contributed by atoms with E-state index in [0.717, 1.165) is 24.3 Å². The molecular formula is C14H18N2OS. The van der Waals surface area contributed by atoms with Crippen molar-refractivity contribution < 1.29 is 4.74 Å². The summed E-state index contributed by atoms with van der Waals surface area (Å²) in [6.45, 7) is 2.82. The molecular weight excluding hydrogens is 244 g/mol. The van der Waals surface area contributed by atoms with Crippen LogP contribution in [-0.2, 0) is 0 Å². The Hall–Kier alpha value is -1.36. The minimum Gasteiger partial charge on any atom is -0.493 e. The number of para-hydroxylation sites is 1. The molecule has 0 saturated carbocycles. The van der Waals surface area contributed by atoms with Crippen molar-refractivity contribution in [3.8, 4) is 5.75 Å². The standard InChI is InChI=1S/C14H18N2OS/c1-2-9-17-12-7-4-3-6-11(12)14(16-15)13-8-5-10-18-13/h3-8,10,14,16H,2,9,15H2,1H3. The van der Waals surface area contributed by atoms with E-state index in [2.05, 4.69) is 29.9 Å². The van der Waals surface area contributed by atoms with Crippen LogP contribution in [0.4, 0.5) is 0 Å². The maximum absolute atomic E-state index is 5.78. The summed E-state index contributed by atoms with van der Waals surface area (Å²) < 4.78 is 5.78. The van der Waals surface area contributed by atoms with Gasteiger partial charge < -0.3 is 4.74 Å². The van der Waals surface area contributed by atoms with Crippen LogP contribution < -0.4 is 16.0 Å². The largest absolute Gasteiger partial charge is 0.493 e. The van der Waals surface area contributed by atoms with Crippen molar-refractivity contribution >= 4 is 11.3 Å². The summed E-state index contributed by atoms with van der Waals surface area (Å²) in [4.78, 5) is 1.19. The molecule has 0 aliphatic heterocycles. The molecule has 0 radical (unpaired) electrons. The molecule has 96 valence electrons. The Morgan fingerprint density at radius 2 is 2.11 bits per heavy atom. The average molecular weight is 262 g/mol. The predicted octanol–water partition coefficient (Wildman–Crippen LogP) is 3.09. The topological polar surface area (TPSA) is 47.3 Å². The zero-order valence-electron chi connectivity index (χ0n) is 10.4. The van der Waals surface area contributed by atoms with E-state index in [0.29, 0.717) is 0 Å². The molecule has 2 rings (SSSR count). The number of rotatable bonds is 6. The van der Waals surface area contributed by atoms with Crippen molar-refractivity contribution in [2.75, 3.05) is 6.61 Å². The molecule has 0 saturated heterocycles. The van der Waals surface area contributed by atoms with Gasteiger partial charge in [0.05, 0.1) is 12.6 Å². The Kier molecular flexibility index (Phi) is 4.75. The number of nitrogens with one attached hydrogen (secondary N) is 1. The highest BCUT2D eigenvalue weighted by molar-refractivity contribution is 7.10. The van der Waals surface area contributed by atoms with Gasteiger partial charge in [0.1, 0.15) is 5.75 Å². The van der Waals surface area contributed by atoms with Crippen LogP contribution in [-0.4, -0.2) is 6.61 Å². The van der Waals surface area contributed by atoms with Gasteiger partial charge in [-0.05, 0) is 23.9 Å². The molecule has 0 aliphatic carbocycles. The molecule has 0 aliphatic rings. The third-order valence-electron chi connectivity index (χ3n) is 2.69. The van der Waals surface area contributed by atoms with E-state index in [1.807, 2.05) is 24.3 Å². The van der Waals surface area contributed by atoms with Crippen LogP contribution in [0.5, 0.6) is 5.75 Å². The van der Waals surface area contributed by atoms with Crippen molar-refractivity contribution in [2.45, 2.75) is 19.4 Å². The van der Waals surface area contributed by atoms with E-state index in [-0.39, 0.29) is 6.04 Å². The number of nitrogens with two attached hydrogens (primary N) is 1. The fourth-order valence-electron chi connectivity index (χ4n) is 1.84. The Balaban J connectivity index is 2.30. The third-order valence-corrected chi connectivity index (χ3v) is 3.62. The van der Waals surface area contributed by atoms with Crippen LogP contribution in [0.15, 0.2) is 41.8 Å². The Morgan fingerprint density at radius 3 is 2.78 bits per heavy atom. The van der Waals surface area contributed by atoms with Gasteiger partial charge in [-0.2, -0.15) is 0 Å². The highest BCUT2D eigenvalue weighted by Gasteiger charge is 2.17. The lowest BCUT2D eigenvalue weighted by Crippen LogP contribution is -2.28. The zero-order valence-corrected chi connectivity index (χ0v) is 11.2. The SMILES string of the molecule is CCCOc1ccccc1C(NN)c1cccs1. The molecule has 1 atom stereocenters. The first-order chi connectivity index (χ1) is 8.86. The highest BCUT2D eigenvalue weighted by atomic mass is 32.1. The molecule has 4 heteroatoms. The quantitative estimate of drug-likeness (QED) is 0.621. The van der Waals surface area contributed by atoms with Crippen molar-refractivity contribution in [3.63, 3.8) is 0 Å². The number of benzene rings is 1. The molecule has 1 heterocycles. The van der Waals surface area contributed by atoms with Crippen LogP contribution in [0, 0.1) is 0 Å². The van der Waals surface area contributed by atoms with E-state index in [4.69, 9.17) is 10.6 Å². The first-order valence-electron chi connectivity index (χ1n) is 6.08. The van der Waals surface area contributed by atoms with Gasteiger partial charge >= 0.3 is 0 Å². The Bertz CT molecular complexity index is 470. The number of hydrazine groups is 1. The predicted molar refractivity (Wildman–Crippen MR) is 75.7 cm³/mol. The number of hydrogen-bond acceptors (Lipinski definition) is 4. The Morgan fingerprint density at radius 1 is 1.28 bits per heavy atom. The van der Waals surface area contributed by atoms with Gasteiger partial charge in [0.15, 0.2) is 0 Å². The van der Waals surface area contributed by atoms with Crippen molar-refractivity contribution in [1.29, 1.82) is 0 Å². The lowest BCUT2D eigenvalue weighted by atomic mass is 10.0. The zero-order chi connectivity index (χ0) is 12.8. The van der Waals surface area contributed by atoms with E-state index in [1.165, 1.54) is 4.88 Å². The molecule has 1 aromatic carbocycles. The number of ether oxygens (including phenoxy) is 1.